The van der Waals surface area contributed by atoms with E-state index in [4.69, 9.17) is 4.74 Å². The van der Waals surface area contributed by atoms with Crippen LogP contribution in [0.2, 0.25) is 0 Å². The number of ether oxygens (including phenoxy) is 1. The molecule has 2 saturated heterocycles. The Bertz CT molecular complexity index is 945. The van der Waals surface area contributed by atoms with Crippen LogP contribution in [0.3, 0.4) is 0 Å². The third-order valence-corrected chi connectivity index (χ3v) is 8.14. The Morgan fingerprint density at radius 1 is 1.09 bits per heavy atom. The molecule has 172 valence electrons. The number of thioether (sulfide) groups is 1. The zero-order valence-electron chi connectivity index (χ0n) is 19.1. The zero-order valence-corrected chi connectivity index (χ0v) is 19.9. The van der Waals surface area contributed by atoms with Gasteiger partial charge in [0, 0.05) is 25.3 Å². The number of piperidine rings is 1. The number of hydrogen-bond donors (Lipinski definition) is 0. The van der Waals surface area contributed by atoms with Crippen molar-refractivity contribution < 1.29 is 9.53 Å². The molecule has 7 heteroatoms. The number of benzene rings is 1. The number of anilines is 1. The summed E-state index contributed by atoms with van der Waals surface area (Å²) in [6, 6.07) is 6.28. The topological polar surface area (TPSA) is 60.2 Å². The summed E-state index contributed by atoms with van der Waals surface area (Å²) in [5, 5.41) is 9.91. The molecular formula is C25H34N4O2S. The van der Waals surface area contributed by atoms with E-state index in [0.717, 1.165) is 74.5 Å². The lowest BCUT2D eigenvalue weighted by atomic mass is 9.90. The summed E-state index contributed by atoms with van der Waals surface area (Å²) < 4.78 is 8.12. The second-order valence-electron chi connectivity index (χ2n) is 9.60. The van der Waals surface area contributed by atoms with Crippen molar-refractivity contribution >= 4 is 23.5 Å². The van der Waals surface area contributed by atoms with E-state index in [1.165, 1.54) is 48.6 Å². The fraction of sp³-hybridized carbons (Fsp3) is 0.640. The van der Waals surface area contributed by atoms with Gasteiger partial charge in [-0.2, -0.15) is 0 Å². The number of nitrogens with zero attached hydrogens (tertiary/aromatic N) is 4. The number of rotatable bonds is 7. The van der Waals surface area contributed by atoms with E-state index >= 15 is 0 Å². The van der Waals surface area contributed by atoms with Gasteiger partial charge >= 0.3 is 0 Å². The lowest BCUT2D eigenvalue weighted by Gasteiger charge is -2.31. The van der Waals surface area contributed by atoms with Gasteiger partial charge in [-0.05, 0) is 74.5 Å². The van der Waals surface area contributed by atoms with E-state index in [1.54, 1.807) is 0 Å². The maximum absolute atomic E-state index is 13.0. The van der Waals surface area contributed by atoms with Crippen LogP contribution in [0.25, 0.3) is 0 Å². The summed E-state index contributed by atoms with van der Waals surface area (Å²) in [5.74, 6) is 2.27. The Morgan fingerprint density at radius 3 is 2.69 bits per heavy atom. The highest BCUT2D eigenvalue weighted by Crippen LogP contribution is 2.29. The maximum Gasteiger partial charge on any atom is 0.228 e. The van der Waals surface area contributed by atoms with Crippen molar-refractivity contribution in [1.82, 2.24) is 14.8 Å². The van der Waals surface area contributed by atoms with Gasteiger partial charge in [-0.15, -0.1) is 10.2 Å². The molecule has 0 spiro atoms. The van der Waals surface area contributed by atoms with Crippen LogP contribution in [0, 0.1) is 5.92 Å². The molecular weight excluding hydrogens is 420 g/mol. The molecule has 2 aromatic rings. The average Bonchev–Trinajstić information content (AvgIpc) is 3.48. The quantitative estimate of drug-likeness (QED) is 0.452. The lowest BCUT2D eigenvalue weighted by Crippen LogP contribution is -2.35. The van der Waals surface area contributed by atoms with Crippen molar-refractivity contribution in [3.05, 3.63) is 34.9 Å². The number of ketones is 1. The molecule has 32 heavy (non-hydrogen) atoms. The molecule has 6 nitrogen and oxygen atoms in total. The fourth-order valence-electron chi connectivity index (χ4n) is 5.10. The Morgan fingerprint density at radius 2 is 1.91 bits per heavy atom. The van der Waals surface area contributed by atoms with Gasteiger partial charge in [0.05, 0.1) is 18.4 Å². The molecule has 1 aromatic heterocycles. The average molecular weight is 455 g/mol. The molecule has 1 unspecified atom stereocenters. The smallest absolute Gasteiger partial charge is 0.228 e. The monoisotopic (exact) mass is 454 g/mol. The van der Waals surface area contributed by atoms with Crippen molar-refractivity contribution in [2.24, 2.45) is 5.92 Å². The molecule has 0 N–H and O–H groups in total. The molecule has 3 heterocycles. The van der Waals surface area contributed by atoms with Crippen molar-refractivity contribution in [2.45, 2.75) is 76.1 Å². The van der Waals surface area contributed by atoms with Gasteiger partial charge in [-0.3, -0.25) is 9.36 Å². The fourth-order valence-corrected chi connectivity index (χ4v) is 5.94. The third kappa shape index (κ3) is 4.88. The predicted octanol–water partition coefficient (Wildman–Crippen LogP) is 4.55. The van der Waals surface area contributed by atoms with Gasteiger partial charge in [-0.1, -0.05) is 30.8 Å². The summed E-state index contributed by atoms with van der Waals surface area (Å²) in [6.45, 7) is 5.96. The molecule has 3 aliphatic rings. The molecule has 1 aliphatic carbocycles. The molecule has 2 fully saturated rings. The van der Waals surface area contributed by atoms with Crippen LogP contribution in [-0.2, 0) is 24.1 Å². The molecule has 2 aliphatic heterocycles. The number of aryl methyl sites for hydroxylation is 2. The van der Waals surface area contributed by atoms with Crippen LogP contribution in [0.4, 0.5) is 5.95 Å². The van der Waals surface area contributed by atoms with E-state index in [-0.39, 0.29) is 11.9 Å². The summed E-state index contributed by atoms with van der Waals surface area (Å²) in [7, 11) is 0. The lowest BCUT2D eigenvalue weighted by molar-refractivity contribution is 0.0951. The predicted molar refractivity (Wildman–Crippen MR) is 128 cm³/mol. The van der Waals surface area contributed by atoms with E-state index < -0.39 is 0 Å². The van der Waals surface area contributed by atoms with Crippen LogP contribution in [0.15, 0.2) is 23.4 Å². The number of hydrogen-bond acceptors (Lipinski definition) is 6. The van der Waals surface area contributed by atoms with Gasteiger partial charge in [0.15, 0.2) is 10.9 Å². The first-order valence-corrected chi connectivity index (χ1v) is 13.2. The molecule has 0 amide bonds. The highest BCUT2D eigenvalue weighted by atomic mass is 32.2. The summed E-state index contributed by atoms with van der Waals surface area (Å²) in [5.41, 5.74) is 3.60. The number of carbonyl (C=O) groups excluding carboxylic acids is 1. The van der Waals surface area contributed by atoms with Gasteiger partial charge in [-0.25, -0.2) is 0 Å². The Hall–Kier alpha value is -1.86. The molecule has 1 aromatic carbocycles. The summed E-state index contributed by atoms with van der Waals surface area (Å²) >= 11 is 1.51. The van der Waals surface area contributed by atoms with Gasteiger partial charge in [0.25, 0.3) is 0 Å². The number of Topliss-reactive ketones (excluding diaryl/α,β-unsaturated/α-hetero) is 1. The second-order valence-corrected chi connectivity index (χ2v) is 10.5. The van der Waals surface area contributed by atoms with E-state index in [2.05, 4.69) is 38.7 Å². The van der Waals surface area contributed by atoms with Crippen LogP contribution in [0.1, 0.15) is 66.9 Å². The first-order chi connectivity index (χ1) is 15.7. The molecule has 0 saturated carbocycles. The molecule has 0 bridgehead atoms. The minimum atomic E-state index is 0.170. The number of carbonyl (C=O) groups is 1. The van der Waals surface area contributed by atoms with Gasteiger partial charge in [0.1, 0.15) is 0 Å². The van der Waals surface area contributed by atoms with E-state index in [9.17, 15) is 4.79 Å². The Labute approximate surface area is 195 Å². The molecule has 5 rings (SSSR count). The number of fused-ring (bicyclic) bond motifs is 1. The summed E-state index contributed by atoms with van der Waals surface area (Å²) in [4.78, 5) is 15.3. The maximum atomic E-state index is 13.0. The SMILES string of the molecule is CC1CCN(c2nnc(SCC(=O)c3ccc4c(c3)CCCC4)n2CC2CCCO2)CC1. The molecule has 1 atom stereocenters. The molecule has 0 radical (unpaired) electrons. The first kappa shape index (κ1) is 22.0. The minimum Gasteiger partial charge on any atom is -0.376 e. The standard InChI is InChI=1S/C25H34N4O2S/c1-18-10-12-28(13-11-18)24-26-27-25(29(24)16-22-7-4-14-31-22)32-17-23(30)21-9-8-19-5-2-3-6-20(19)15-21/h8-9,15,18,22H,2-7,10-14,16-17H2,1H3. The second kappa shape index (κ2) is 9.96. The van der Waals surface area contributed by atoms with Crippen LogP contribution < -0.4 is 4.90 Å². The van der Waals surface area contributed by atoms with Crippen LogP contribution >= 0.6 is 11.8 Å². The van der Waals surface area contributed by atoms with Crippen LogP contribution in [-0.4, -0.2) is 52.1 Å². The zero-order chi connectivity index (χ0) is 21.9. The highest BCUT2D eigenvalue weighted by Gasteiger charge is 2.26. The van der Waals surface area contributed by atoms with E-state index in [0.29, 0.717) is 5.75 Å². The number of aromatic nitrogens is 3. The third-order valence-electron chi connectivity index (χ3n) is 7.18. The van der Waals surface area contributed by atoms with Crippen molar-refractivity contribution in [3.63, 3.8) is 0 Å². The van der Waals surface area contributed by atoms with Crippen LogP contribution in [0.5, 0.6) is 0 Å². The van der Waals surface area contributed by atoms with Gasteiger partial charge < -0.3 is 9.64 Å². The largest absolute Gasteiger partial charge is 0.376 e. The van der Waals surface area contributed by atoms with Gasteiger partial charge in [0.2, 0.25) is 5.95 Å². The van der Waals surface area contributed by atoms with Crippen molar-refractivity contribution in [1.29, 1.82) is 0 Å². The normalized spacial score (nSPS) is 21.7. The Kier molecular flexibility index (Phi) is 6.83. The Balaban J connectivity index is 1.30. The highest BCUT2D eigenvalue weighted by molar-refractivity contribution is 7.99. The van der Waals surface area contributed by atoms with Crippen molar-refractivity contribution in [3.8, 4) is 0 Å². The summed E-state index contributed by atoms with van der Waals surface area (Å²) in [6.07, 6.45) is 9.50. The van der Waals surface area contributed by atoms with E-state index in [1.807, 2.05) is 6.07 Å². The minimum absolute atomic E-state index is 0.170. The van der Waals surface area contributed by atoms with Crippen molar-refractivity contribution in [2.75, 3.05) is 30.3 Å². The first-order valence-electron chi connectivity index (χ1n) is 12.2.